The Morgan fingerprint density at radius 1 is 1.10 bits per heavy atom. The van der Waals surface area contributed by atoms with Gasteiger partial charge in [0.25, 0.3) is 0 Å². The number of carbonyl (C=O) groups is 3. The molecule has 6 nitrogen and oxygen atoms in total. The second-order valence-electron chi connectivity index (χ2n) is 7.84. The second kappa shape index (κ2) is 9.16. The molecule has 0 saturated carbocycles. The normalized spacial score (nSPS) is 16.5. The number of Topliss-reactive ketones (excluding diaryl/α,β-unsaturated/α-hetero) is 1. The van der Waals surface area contributed by atoms with E-state index >= 15 is 0 Å². The lowest BCUT2D eigenvalue weighted by atomic mass is 9.89. The van der Waals surface area contributed by atoms with Gasteiger partial charge in [0, 0.05) is 25.1 Å². The predicted octanol–water partition coefficient (Wildman–Crippen LogP) is 3.79. The Bertz CT molecular complexity index is 1010. The first-order valence-electron chi connectivity index (χ1n) is 10.7. The first kappa shape index (κ1) is 20.8. The van der Waals surface area contributed by atoms with Crippen molar-refractivity contribution in [1.82, 2.24) is 4.90 Å². The summed E-state index contributed by atoms with van der Waals surface area (Å²) >= 11 is 0. The maximum absolute atomic E-state index is 13.7. The highest BCUT2D eigenvalue weighted by Crippen LogP contribution is 2.33. The highest BCUT2D eigenvalue weighted by atomic mass is 16.5. The molecule has 0 saturated heterocycles. The Hall–Kier alpha value is -3.41. The molecule has 2 heterocycles. The van der Waals surface area contributed by atoms with Gasteiger partial charge in [-0.1, -0.05) is 49.4 Å². The number of hydrogen-bond donors (Lipinski definition) is 1. The van der Waals surface area contributed by atoms with Crippen LogP contribution in [0.4, 0.5) is 5.69 Å². The van der Waals surface area contributed by atoms with Crippen molar-refractivity contribution in [2.45, 2.75) is 38.5 Å². The van der Waals surface area contributed by atoms with Gasteiger partial charge < -0.3 is 15.0 Å². The van der Waals surface area contributed by atoms with Crippen LogP contribution >= 0.6 is 0 Å². The third-order valence-electron chi connectivity index (χ3n) is 5.73. The predicted molar refractivity (Wildman–Crippen MR) is 117 cm³/mol. The number of hydrogen-bond acceptors (Lipinski definition) is 4. The standard InChI is InChI=1S/C25H26N2O4/c1-2-23(29)26-19-12-10-18(11-13-19)20(15-17-7-4-3-5-8-17)25(30)27-14-6-9-22-24(27)21(28)16-31-22/h3-5,7-8,10-13,20H,2,6,9,14-16H2,1H3,(H,26,29). The molecule has 6 heteroatoms. The topological polar surface area (TPSA) is 75.7 Å². The van der Waals surface area contributed by atoms with E-state index in [4.69, 9.17) is 4.74 Å². The van der Waals surface area contributed by atoms with Gasteiger partial charge in [0.2, 0.25) is 17.6 Å². The number of nitrogens with zero attached hydrogens (tertiary/aromatic N) is 1. The minimum atomic E-state index is -0.446. The molecule has 2 aromatic carbocycles. The van der Waals surface area contributed by atoms with E-state index in [0.29, 0.717) is 43.0 Å². The van der Waals surface area contributed by atoms with Crippen LogP contribution in [0.1, 0.15) is 43.2 Å². The van der Waals surface area contributed by atoms with Crippen LogP contribution in [0.5, 0.6) is 0 Å². The molecule has 160 valence electrons. The van der Waals surface area contributed by atoms with E-state index in [-0.39, 0.29) is 24.2 Å². The van der Waals surface area contributed by atoms with E-state index in [2.05, 4.69) is 5.32 Å². The first-order valence-corrected chi connectivity index (χ1v) is 10.7. The highest BCUT2D eigenvalue weighted by molar-refractivity contribution is 6.03. The van der Waals surface area contributed by atoms with Crippen LogP contribution in [0.25, 0.3) is 0 Å². The molecule has 2 aliphatic heterocycles. The summed E-state index contributed by atoms with van der Waals surface area (Å²) in [6.07, 6.45) is 2.39. The summed E-state index contributed by atoms with van der Waals surface area (Å²) < 4.78 is 5.51. The summed E-state index contributed by atoms with van der Waals surface area (Å²) in [5, 5.41) is 2.83. The smallest absolute Gasteiger partial charge is 0.235 e. The summed E-state index contributed by atoms with van der Waals surface area (Å²) in [6, 6.07) is 17.2. The number of rotatable bonds is 6. The molecule has 1 unspecified atom stereocenters. The fourth-order valence-corrected chi connectivity index (χ4v) is 4.10. The Balaban J connectivity index is 1.64. The van der Waals surface area contributed by atoms with Gasteiger partial charge in [0.15, 0.2) is 6.61 Å². The number of nitrogens with one attached hydrogen (secondary N) is 1. The number of allylic oxidation sites excluding steroid dienone is 1. The van der Waals surface area contributed by atoms with Gasteiger partial charge in [-0.15, -0.1) is 0 Å². The molecule has 1 atom stereocenters. The molecule has 2 aromatic rings. The lowest BCUT2D eigenvalue weighted by Gasteiger charge is -2.30. The Morgan fingerprint density at radius 2 is 1.84 bits per heavy atom. The molecule has 0 bridgehead atoms. The number of ketones is 1. The maximum atomic E-state index is 13.7. The van der Waals surface area contributed by atoms with E-state index in [0.717, 1.165) is 17.5 Å². The van der Waals surface area contributed by atoms with Crippen LogP contribution in [-0.4, -0.2) is 35.6 Å². The highest BCUT2D eigenvalue weighted by Gasteiger charge is 2.38. The fourth-order valence-electron chi connectivity index (χ4n) is 4.10. The minimum Gasteiger partial charge on any atom is -0.487 e. The average molecular weight is 418 g/mol. The molecular weight excluding hydrogens is 392 g/mol. The zero-order valence-corrected chi connectivity index (χ0v) is 17.6. The van der Waals surface area contributed by atoms with Gasteiger partial charge in [0.1, 0.15) is 11.5 Å². The monoisotopic (exact) mass is 418 g/mol. The number of amides is 2. The first-order chi connectivity index (χ1) is 15.1. The van der Waals surface area contributed by atoms with Crippen molar-refractivity contribution in [2.24, 2.45) is 0 Å². The molecule has 0 fully saturated rings. The van der Waals surface area contributed by atoms with Crippen molar-refractivity contribution >= 4 is 23.3 Å². The van der Waals surface area contributed by atoms with Crippen LogP contribution < -0.4 is 5.32 Å². The minimum absolute atomic E-state index is 0.0175. The molecule has 0 aliphatic carbocycles. The van der Waals surface area contributed by atoms with Crippen molar-refractivity contribution in [3.63, 3.8) is 0 Å². The van der Waals surface area contributed by atoms with Gasteiger partial charge in [-0.3, -0.25) is 14.4 Å². The third-order valence-corrected chi connectivity index (χ3v) is 5.73. The van der Waals surface area contributed by atoms with Crippen molar-refractivity contribution in [3.8, 4) is 0 Å². The molecular formula is C25H26N2O4. The van der Waals surface area contributed by atoms with Gasteiger partial charge in [-0.25, -0.2) is 0 Å². The second-order valence-corrected chi connectivity index (χ2v) is 7.84. The maximum Gasteiger partial charge on any atom is 0.235 e. The molecule has 0 aromatic heterocycles. The summed E-state index contributed by atoms with van der Waals surface area (Å²) in [5.74, 6) is -0.0872. The third kappa shape index (κ3) is 4.53. The van der Waals surface area contributed by atoms with Gasteiger partial charge >= 0.3 is 0 Å². The van der Waals surface area contributed by atoms with E-state index in [1.165, 1.54) is 0 Å². The van der Waals surface area contributed by atoms with Crippen LogP contribution in [0, 0.1) is 0 Å². The SMILES string of the molecule is CCC(=O)Nc1ccc(C(Cc2ccccc2)C(=O)N2CCCC3=C2C(=O)CO3)cc1. The van der Waals surface area contributed by atoms with E-state index in [1.54, 1.807) is 11.8 Å². The van der Waals surface area contributed by atoms with Crippen LogP contribution in [0.3, 0.4) is 0 Å². The molecule has 31 heavy (non-hydrogen) atoms. The van der Waals surface area contributed by atoms with Gasteiger partial charge in [-0.2, -0.15) is 0 Å². The largest absolute Gasteiger partial charge is 0.487 e. The lowest BCUT2D eigenvalue weighted by molar-refractivity contribution is -0.133. The summed E-state index contributed by atoms with van der Waals surface area (Å²) in [5.41, 5.74) is 3.02. The van der Waals surface area contributed by atoms with Crippen molar-refractivity contribution in [3.05, 3.63) is 77.2 Å². The molecule has 2 amide bonds. The van der Waals surface area contributed by atoms with Crippen LogP contribution in [0.15, 0.2) is 66.1 Å². The lowest BCUT2D eigenvalue weighted by Crippen LogP contribution is -2.40. The van der Waals surface area contributed by atoms with Crippen molar-refractivity contribution in [2.75, 3.05) is 18.5 Å². The fraction of sp³-hybridized carbons (Fsp3) is 0.320. The summed E-state index contributed by atoms with van der Waals surface area (Å²) in [6.45, 7) is 2.33. The molecule has 0 spiro atoms. The molecule has 2 aliphatic rings. The van der Waals surface area contributed by atoms with Gasteiger partial charge in [0.05, 0.1) is 5.92 Å². The summed E-state index contributed by atoms with van der Waals surface area (Å²) in [4.78, 5) is 39.4. The van der Waals surface area contributed by atoms with Crippen molar-refractivity contribution in [1.29, 1.82) is 0 Å². The van der Waals surface area contributed by atoms with E-state index in [1.807, 2.05) is 54.6 Å². The van der Waals surface area contributed by atoms with E-state index in [9.17, 15) is 14.4 Å². The summed E-state index contributed by atoms with van der Waals surface area (Å²) in [7, 11) is 0. The van der Waals surface area contributed by atoms with E-state index < -0.39 is 5.92 Å². The molecule has 1 N–H and O–H groups in total. The van der Waals surface area contributed by atoms with Crippen molar-refractivity contribution < 1.29 is 19.1 Å². The zero-order valence-electron chi connectivity index (χ0n) is 17.6. The Labute approximate surface area is 181 Å². The van der Waals surface area contributed by atoms with Gasteiger partial charge in [-0.05, 0) is 36.1 Å². The average Bonchev–Trinajstić information content (AvgIpc) is 3.19. The number of carbonyl (C=O) groups excluding carboxylic acids is 3. The Morgan fingerprint density at radius 3 is 2.55 bits per heavy atom. The van der Waals surface area contributed by atoms with Crippen LogP contribution in [0.2, 0.25) is 0 Å². The molecule has 0 radical (unpaired) electrons. The number of benzene rings is 2. The quantitative estimate of drug-likeness (QED) is 0.774. The zero-order chi connectivity index (χ0) is 21.8. The Kier molecular flexibility index (Phi) is 6.16. The van der Waals surface area contributed by atoms with Crippen LogP contribution in [-0.2, 0) is 25.5 Å². The number of ether oxygens (including phenoxy) is 1. The number of anilines is 1. The molecule has 4 rings (SSSR count).